The number of carbonyl (C=O) groups is 1. The lowest BCUT2D eigenvalue weighted by Crippen LogP contribution is -1.98. The minimum Gasteiger partial charge on any atom is -0.490 e. The molecule has 104 valence electrons. The summed E-state index contributed by atoms with van der Waals surface area (Å²) in [4.78, 5) is 15.9. The number of rotatable bonds is 2. The van der Waals surface area contributed by atoms with Crippen LogP contribution in [0, 0.1) is 6.92 Å². The molecule has 0 radical (unpaired) electrons. The van der Waals surface area contributed by atoms with Gasteiger partial charge < -0.3 is 14.6 Å². The molecule has 1 aromatic carbocycles. The standard InChI is InChI=1S/C14H13NO4S/c1-8-12(14(16)17)15-13(20-8)9-3-4-10-11(7-9)19-6-2-5-18-10/h3-4,7H,2,5-6H2,1H3,(H,16,17). The molecule has 0 spiro atoms. The van der Waals surface area contributed by atoms with Gasteiger partial charge in [0.1, 0.15) is 5.01 Å². The van der Waals surface area contributed by atoms with E-state index >= 15 is 0 Å². The number of fused-ring (bicyclic) bond motifs is 1. The van der Waals surface area contributed by atoms with Gasteiger partial charge in [-0.1, -0.05) is 0 Å². The van der Waals surface area contributed by atoms with Crippen LogP contribution in [0.15, 0.2) is 18.2 Å². The van der Waals surface area contributed by atoms with Crippen molar-refractivity contribution in [3.05, 3.63) is 28.8 Å². The summed E-state index contributed by atoms with van der Waals surface area (Å²) in [5, 5.41) is 9.73. The molecule has 0 bridgehead atoms. The number of carboxylic acids is 1. The number of ether oxygens (including phenoxy) is 2. The Morgan fingerprint density at radius 2 is 2.05 bits per heavy atom. The van der Waals surface area contributed by atoms with E-state index in [0.29, 0.717) is 28.8 Å². The highest BCUT2D eigenvalue weighted by atomic mass is 32.1. The van der Waals surface area contributed by atoms with Crippen LogP contribution in [-0.4, -0.2) is 29.3 Å². The van der Waals surface area contributed by atoms with Gasteiger partial charge in [0.15, 0.2) is 17.2 Å². The molecule has 0 amide bonds. The molecule has 0 aliphatic carbocycles. The number of benzene rings is 1. The highest BCUT2D eigenvalue weighted by molar-refractivity contribution is 7.15. The molecular formula is C14H13NO4S. The van der Waals surface area contributed by atoms with Crippen molar-refractivity contribution in [3.8, 4) is 22.1 Å². The van der Waals surface area contributed by atoms with Gasteiger partial charge in [-0.05, 0) is 25.1 Å². The molecule has 0 atom stereocenters. The van der Waals surface area contributed by atoms with E-state index in [1.807, 2.05) is 18.2 Å². The van der Waals surface area contributed by atoms with Crippen molar-refractivity contribution in [2.24, 2.45) is 0 Å². The number of nitrogens with zero attached hydrogens (tertiary/aromatic N) is 1. The molecule has 1 aromatic heterocycles. The maximum atomic E-state index is 11.0. The smallest absolute Gasteiger partial charge is 0.355 e. The molecule has 0 saturated carbocycles. The van der Waals surface area contributed by atoms with Crippen LogP contribution in [0.4, 0.5) is 0 Å². The predicted molar refractivity (Wildman–Crippen MR) is 74.9 cm³/mol. The molecule has 0 unspecified atom stereocenters. The van der Waals surface area contributed by atoms with E-state index in [0.717, 1.165) is 17.7 Å². The van der Waals surface area contributed by atoms with Crippen molar-refractivity contribution in [2.45, 2.75) is 13.3 Å². The summed E-state index contributed by atoms with van der Waals surface area (Å²) in [6.07, 6.45) is 0.851. The fourth-order valence-electron chi connectivity index (χ4n) is 2.01. The highest BCUT2D eigenvalue weighted by Gasteiger charge is 2.17. The molecule has 2 heterocycles. The van der Waals surface area contributed by atoms with Crippen LogP contribution in [0.25, 0.3) is 10.6 Å². The maximum absolute atomic E-state index is 11.0. The Kier molecular flexibility index (Phi) is 3.31. The molecule has 0 fully saturated rings. The maximum Gasteiger partial charge on any atom is 0.355 e. The first-order valence-electron chi connectivity index (χ1n) is 6.26. The van der Waals surface area contributed by atoms with Gasteiger partial charge >= 0.3 is 5.97 Å². The van der Waals surface area contributed by atoms with E-state index in [2.05, 4.69) is 4.98 Å². The first-order valence-corrected chi connectivity index (χ1v) is 7.07. The third-order valence-corrected chi connectivity index (χ3v) is 4.01. The molecule has 1 aliphatic rings. The van der Waals surface area contributed by atoms with Crippen LogP contribution in [0.1, 0.15) is 21.8 Å². The fraction of sp³-hybridized carbons (Fsp3) is 0.286. The number of carboxylic acid groups (broad SMARTS) is 1. The van der Waals surface area contributed by atoms with E-state index < -0.39 is 5.97 Å². The van der Waals surface area contributed by atoms with Gasteiger partial charge in [-0.2, -0.15) is 0 Å². The lowest BCUT2D eigenvalue weighted by Gasteiger charge is -2.07. The Labute approximate surface area is 119 Å². The van der Waals surface area contributed by atoms with Gasteiger partial charge in [-0.15, -0.1) is 11.3 Å². The molecule has 20 heavy (non-hydrogen) atoms. The summed E-state index contributed by atoms with van der Waals surface area (Å²) in [5.74, 6) is 0.405. The van der Waals surface area contributed by atoms with Gasteiger partial charge in [0.05, 0.1) is 13.2 Å². The van der Waals surface area contributed by atoms with E-state index in [1.54, 1.807) is 6.92 Å². The van der Waals surface area contributed by atoms with Crippen molar-refractivity contribution >= 4 is 17.3 Å². The monoisotopic (exact) mass is 291 g/mol. The number of hydrogen-bond acceptors (Lipinski definition) is 5. The van der Waals surface area contributed by atoms with Crippen molar-refractivity contribution in [3.63, 3.8) is 0 Å². The van der Waals surface area contributed by atoms with E-state index in [9.17, 15) is 4.79 Å². The summed E-state index contributed by atoms with van der Waals surface area (Å²) in [7, 11) is 0. The molecular weight excluding hydrogens is 278 g/mol. The minimum absolute atomic E-state index is 0.108. The second-order valence-electron chi connectivity index (χ2n) is 4.44. The predicted octanol–water partition coefficient (Wildman–Crippen LogP) is 2.98. The van der Waals surface area contributed by atoms with Crippen LogP contribution >= 0.6 is 11.3 Å². The zero-order chi connectivity index (χ0) is 14.1. The first kappa shape index (κ1) is 12.9. The summed E-state index contributed by atoms with van der Waals surface area (Å²) >= 11 is 1.36. The van der Waals surface area contributed by atoms with E-state index in [-0.39, 0.29) is 5.69 Å². The Bertz CT molecular complexity index is 665. The second-order valence-corrected chi connectivity index (χ2v) is 5.64. The quantitative estimate of drug-likeness (QED) is 0.921. The third kappa shape index (κ3) is 2.34. The fourth-order valence-corrected chi connectivity index (χ4v) is 2.92. The highest BCUT2D eigenvalue weighted by Crippen LogP contribution is 2.36. The normalized spacial score (nSPS) is 13.8. The number of hydrogen-bond donors (Lipinski definition) is 1. The van der Waals surface area contributed by atoms with Gasteiger partial charge in [-0.3, -0.25) is 0 Å². The molecule has 1 aliphatic heterocycles. The van der Waals surface area contributed by atoms with E-state index in [1.165, 1.54) is 11.3 Å². The van der Waals surface area contributed by atoms with Gasteiger partial charge in [-0.25, -0.2) is 9.78 Å². The average molecular weight is 291 g/mol. The van der Waals surface area contributed by atoms with Gasteiger partial charge in [0, 0.05) is 16.9 Å². The molecule has 5 nitrogen and oxygen atoms in total. The summed E-state index contributed by atoms with van der Waals surface area (Å²) in [6.45, 7) is 3.02. The largest absolute Gasteiger partial charge is 0.490 e. The molecule has 6 heteroatoms. The lowest BCUT2D eigenvalue weighted by atomic mass is 10.2. The van der Waals surface area contributed by atoms with Crippen molar-refractivity contribution in [2.75, 3.05) is 13.2 Å². The number of thiazole rings is 1. The number of aromatic nitrogens is 1. The third-order valence-electron chi connectivity index (χ3n) is 2.99. The first-order chi connectivity index (χ1) is 9.65. The zero-order valence-corrected chi connectivity index (χ0v) is 11.7. The van der Waals surface area contributed by atoms with Gasteiger partial charge in [0.2, 0.25) is 0 Å². The minimum atomic E-state index is -1.00. The summed E-state index contributed by atoms with van der Waals surface area (Å²) in [6, 6.07) is 5.56. The van der Waals surface area contributed by atoms with Crippen LogP contribution in [0.3, 0.4) is 0 Å². The van der Waals surface area contributed by atoms with Crippen LogP contribution < -0.4 is 9.47 Å². The lowest BCUT2D eigenvalue weighted by molar-refractivity contribution is 0.0690. The SMILES string of the molecule is Cc1sc(-c2ccc3c(c2)OCCCO3)nc1C(=O)O. The Morgan fingerprint density at radius 1 is 1.30 bits per heavy atom. The number of aryl methyl sites for hydroxylation is 1. The van der Waals surface area contributed by atoms with E-state index in [4.69, 9.17) is 14.6 Å². The summed E-state index contributed by atoms with van der Waals surface area (Å²) in [5.41, 5.74) is 0.951. The van der Waals surface area contributed by atoms with Crippen LogP contribution in [0.2, 0.25) is 0 Å². The van der Waals surface area contributed by atoms with Crippen LogP contribution in [-0.2, 0) is 0 Å². The molecule has 2 aromatic rings. The van der Waals surface area contributed by atoms with Crippen molar-refractivity contribution < 1.29 is 19.4 Å². The Balaban J connectivity index is 2.00. The number of aromatic carboxylic acids is 1. The van der Waals surface area contributed by atoms with Crippen LogP contribution in [0.5, 0.6) is 11.5 Å². The van der Waals surface area contributed by atoms with Gasteiger partial charge in [0.25, 0.3) is 0 Å². The second kappa shape index (κ2) is 5.13. The summed E-state index contributed by atoms with van der Waals surface area (Å²) < 4.78 is 11.2. The zero-order valence-electron chi connectivity index (χ0n) is 10.9. The topological polar surface area (TPSA) is 68.7 Å². The molecule has 0 saturated heterocycles. The average Bonchev–Trinajstić information content (AvgIpc) is 2.68. The van der Waals surface area contributed by atoms with Crippen molar-refractivity contribution in [1.29, 1.82) is 0 Å². The molecule has 1 N–H and O–H groups in total. The van der Waals surface area contributed by atoms with Crippen molar-refractivity contribution in [1.82, 2.24) is 4.98 Å². The molecule has 3 rings (SSSR count). The Hall–Kier alpha value is -2.08. The Morgan fingerprint density at radius 3 is 2.75 bits per heavy atom.